The molecule has 0 aliphatic carbocycles. The first-order valence-electron chi connectivity index (χ1n) is 11.0. The van der Waals surface area contributed by atoms with Crippen molar-refractivity contribution in [2.45, 2.75) is 30.7 Å². The van der Waals surface area contributed by atoms with Crippen LogP contribution in [-0.2, 0) is 9.47 Å². The number of anilines is 2. The van der Waals surface area contributed by atoms with Crippen molar-refractivity contribution >= 4 is 23.0 Å². The standard InChI is InChI=1S/C23H26N6O7/c1-33-20-19(32)18(31)17(30)16(36-20)12-35-23-26-21(25-22(27-23)34-2)24-13-8-10-15(11-9-13)29-28-14-6-4-3-5-7-14/h3-11,16-20,30-32H,12H2,1-2H3,(H,24,25,26,27)/t16-,17-,18+,19-,20+/m1/s1. The van der Waals surface area contributed by atoms with E-state index in [4.69, 9.17) is 18.9 Å². The molecular formula is C23H26N6O7. The van der Waals surface area contributed by atoms with Gasteiger partial charge in [0.2, 0.25) is 5.95 Å². The topological polar surface area (TPSA) is 173 Å². The third-order valence-electron chi connectivity index (χ3n) is 5.22. The maximum atomic E-state index is 10.2. The SMILES string of the molecule is COc1nc(Nc2ccc(N=Nc3ccccc3)cc2)nc(OC[C@H]2O[C@H](OC)[C@H](O)[C@@H](O)[C@@H]2O)n1. The van der Waals surface area contributed by atoms with Crippen molar-refractivity contribution in [2.24, 2.45) is 10.2 Å². The molecule has 1 aliphatic rings. The number of benzene rings is 2. The molecule has 1 aliphatic heterocycles. The van der Waals surface area contributed by atoms with Gasteiger partial charge < -0.3 is 39.6 Å². The molecule has 1 saturated heterocycles. The highest BCUT2D eigenvalue weighted by molar-refractivity contribution is 5.57. The van der Waals surface area contributed by atoms with Gasteiger partial charge in [0.15, 0.2) is 6.29 Å². The number of hydrogen-bond donors (Lipinski definition) is 4. The molecule has 2 heterocycles. The predicted octanol–water partition coefficient (Wildman–Crippen LogP) is 1.87. The van der Waals surface area contributed by atoms with Crippen molar-refractivity contribution in [3.8, 4) is 12.0 Å². The average Bonchev–Trinajstić information content (AvgIpc) is 2.91. The van der Waals surface area contributed by atoms with Crippen molar-refractivity contribution in [3.63, 3.8) is 0 Å². The number of azo groups is 1. The van der Waals surface area contributed by atoms with Gasteiger partial charge in [-0.3, -0.25) is 0 Å². The van der Waals surface area contributed by atoms with Crippen LogP contribution in [-0.4, -0.2) is 81.8 Å². The highest BCUT2D eigenvalue weighted by Crippen LogP contribution is 2.24. The van der Waals surface area contributed by atoms with E-state index in [2.05, 4.69) is 30.5 Å². The maximum Gasteiger partial charge on any atom is 0.324 e. The fourth-order valence-corrected chi connectivity index (χ4v) is 3.31. The average molecular weight is 498 g/mol. The Morgan fingerprint density at radius 2 is 1.50 bits per heavy atom. The maximum absolute atomic E-state index is 10.2. The van der Waals surface area contributed by atoms with Gasteiger partial charge >= 0.3 is 12.0 Å². The molecule has 5 atom stereocenters. The molecule has 3 aromatic rings. The van der Waals surface area contributed by atoms with Gasteiger partial charge in [-0.05, 0) is 36.4 Å². The summed E-state index contributed by atoms with van der Waals surface area (Å²) in [4.78, 5) is 12.4. The van der Waals surface area contributed by atoms with E-state index < -0.39 is 30.7 Å². The summed E-state index contributed by atoms with van der Waals surface area (Å²) < 4.78 is 21.1. The van der Waals surface area contributed by atoms with Crippen LogP contribution < -0.4 is 14.8 Å². The Labute approximate surface area is 206 Å². The lowest BCUT2D eigenvalue weighted by Gasteiger charge is -2.39. The number of nitrogens with zero attached hydrogens (tertiary/aromatic N) is 5. The zero-order chi connectivity index (χ0) is 25.5. The van der Waals surface area contributed by atoms with Gasteiger partial charge in [0.05, 0.1) is 18.5 Å². The zero-order valence-electron chi connectivity index (χ0n) is 19.5. The monoisotopic (exact) mass is 498 g/mol. The lowest BCUT2D eigenvalue weighted by molar-refractivity contribution is -0.293. The van der Waals surface area contributed by atoms with Crippen LogP contribution in [0, 0.1) is 0 Å². The van der Waals surface area contributed by atoms with Gasteiger partial charge in [0, 0.05) is 12.8 Å². The van der Waals surface area contributed by atoms with Gasteiger partial charge in [-0.2, -0.15) is 20.2 Å². The molecule has 2 aromatic carbocycles. The lowest BCUT2D eigenvalue weighted by atomic mass is 9.99. The van der Waals surface area contributed by atoms with Crippen LogP contribution >= 0.6 is 0 Å². The van der Waals surface area contributed by atoms with Crippen LogP contribution in [0.3, 0.4) is 0 Å². The summed E-state index contributed by atoms with van der Waals surface area (Å²) in [6.45, 7) is -0.238. The van der Waals surface area contributed by atoms with E-state index >= 15 is 0 Å². The van der Waals surface area contributed by atoms with E-state index in [1.54, 1.807) is 24.3 Å². The first-order chi connectivity index (χ1) is 17.5. The summed E-state index contributed by atoms with van der Waals surface area (Å²) in [6, 6.07) is 16.4. The van der Waals surface area contributed by atoms with E-state index in [-0.39, 0.29) is 24.6 Å². The van der Waals surface area contributed by atoms with Gasteiger partial charge in [-0.15, -0.1) is 4.98 Å². The summed E-state index contributed by atoms with van der Waals surface area (Å²) in [6.07, 6.45) is -6.43. The number of aliphatic hydroxyl groups is 3. The Morgan fingerprint density at radius 3 is 2.17 bits per heavy atom. The van der Waals surface area contributed by atoms with Crippen molar-refractivity contribution in [1.82, 2.24) is 15.0 Å². The van der Waals surface area contributed by atoms with Gasteiger partial charge in [0.1, 0.15) is 31.0 Å². The molecule has 4 N–H and O–H groups in total. The largest absolute Gasteiger partial charge is 0.467 e. The van der Waals surface area contributed by atoms with Gasteiger partial charge in [0.25, 0.3) is 0 Å². The van der Waals surface area contributed by atoms with E-state index in [0.29, 0.717) is 11.4 Å². The van der Waals surface area contributed by atoms with Crippen LogP contribution in [0.15, 0.2) is 64.8 Å². The number of methoxy groups -OCH3 is 2. The van der Waals surface area contributed by atoms with Crippen LogP contribution in [0.4, 0.5) is 23.0 Å². The zero-order valence-corrected chi connectivity index (χ0v) is 19.5. The highest BCUT2D eigenvalue weighted by atomic mass is 16.7. The van der Waals surface area contributed by atoms with E-state index in [1.807, 2.05) is 30.3 Å². The van der Waals surface area contributed by atoms with Crippen molar-refractivity contribution in [3.05, 3.63) is 54.6 Å². The quantitative estimate of drug-likeness (QED) is 0.317. The minimum absolute atomic E-state index is 0.00822. The molecule has 13 heteroatoms. The first-order valence-corrected chi connectivity index (χ1v) is 11.0. The number of aliphatic hydroxyl groups excluding tert-OH is 3. The molecule has 0 saturated carbocycles. The number of hydrogen-bond acceptors (Lipinski definition) is 13. The van der Waals surface area contributed by atoms with Crippen molar-refractivity contribution < 1.29 is 34.3 Å². The minimum atomic E-state index is -1.47. The number of ether oxygens (including phenoxy) is 4. The molecule has 4 rings (SSSR count). The van der Waals surface area contributed by atoms with Crippen molar-refractivity contribution in [1.29, 1.82) is 0 Å². The number of nitrogens with one attached hydrogen (secondary N) is 1. The Kier molecular flexibility index (Phi) is 8.30. The predicted molar refractivity (Wildman–Crippen MR) is 126 cm³/mol. The van der Waals surface area contributed by atoms with Crippen LogP contribution in [0.25, 0.3) is 0 Å². The summed E-state index contributed by atoms with van der Waals surface area (Å²) in [5.74, 6) is 0.144. The molecule has 0 radical (unpaired) electrons. The molecule has 190 valence electrons. The third kappa shape index (κ3) is 6.27. The minimum Gasteiger partial charge on any atom is -0.467 e. The first kappa shape index (κ1) is 25.3. The van der Waals surface area contributed by atoms with Crippen LogP contribution in [0.5, 0.6) is 12.0 Å². The van der Waals surface area contributed by atoms with E-state index in [1.165, 1.54) is 14.2 Å². The van der Waals surface area contributed by atoms with E-state index in [0.717, 1.165) is 5.69 Å². The Morgan fingerprint density at radius 1 is 0.833 bits per heavy atom. The second kappa shape index (κ2) is 11.8. The van der Waals surface area contributed by atoms with E-state index in [9.17, 15) is 15.3 Å². The summed E-state index contributed by atoms with van der Waals surface area (Å²) in [5.41, 5.74) is 2.08. The summed E-state index contributed by atoms with van der Waals surface area (Å²) in [7, 11) is 2.70. The Balaban J connectivity index is 1.41. The Hall–Kier alpha value is -3.75. The molecule has 36 heavy (non-hydrogen) atoms. The molecule has 1 aromatic heterocycles. The second-order valence-electron chi connectivity index (χ2n) is 7.70. The number of rotatable bonds is 9. The molecule has 13 nitrogen and oxygen atoms in total. The fraction of sp³-hybridized carbons (Fsp3) is 0.348. The summed E-state index contributed by atoms with van der Waals surface area (Å²) >= 11 is 0. The van der Waals surface area contributed by atoms with Crippen LogP contribution in [0.2, 0.25) is 0 Å². The Bertz CT molecular complexity index is 1150. The molecule has 0 spiro atoms. The third-order valence-corrected chi connectivity index (χ3v) is 5.22. The smallest absolute Gasteiger partial charge is 0.324 e. The summed E-state index contributed by atoms with van der Waals surface area (Å²) in [5, 5.41) is 41.5. The second-order valence-corrected chi connectivity index (χ2v) is 7.70. The number of aromatic nitrogens is 3. The molecule has 0 amide bonds. The van der Waals surface area contributed by atoms with Gasteiger partial charge in [-0.25, -0.2) is 0 Å². The fourth-order valence-electron chi connectivity index (χ4n) is 3.31. The van der Waals surface area contributed by atoms with Crippen molar-refractivity contribution in [2.75, 3.05) is 26.1 Å². The molecular weight excluding hydrogens is 472 g/mol. The highest BCUT2D eigenvalue weighted by Gasteiger charge is 2.44. The molecule has 0 bridgehead atoms. The molecule has 1 fully saturated rings. The van der Waals surface area contributed by atoms with Gasteiger partial charge in [-0.1, -0.05) is 18.2 Å². The molecule has 0 unspecified atom stereocenters. The lowest BCUT2D eigenvalue weighted by Crippen LogP contribution is -2.59. The van der Waals surface area contributed by atoms with Crippen LogP contribution in [0.1, 0.15) is 0 Å². The normalized spacial score (nSPS) is 24.0.